The maximum Gasteiger partial charge on any atom is 0.232 e. The third-order valence-corrected chi connectivity index (χ3v) is 4.95. The summed E-state index contributed by atoms with van der Waals surface area (Å²) < 4.78 is 16.2. The van der Waals surface area contributed by atoms with Crippen molar-refractivity contribution in [3.63, 3.8) is 0 Å². The van der Waals surface area contributed by atoms with Crippen LogP contribution in [0.3, 0.4) is 0 Å². The van der Waals surface area contributed by atoms with E-state index < -0.39 is 0 Å². The van der Waals surface area contributed by atoms with Crippen LogP contribution >= 0.6 is 0 Å². The number of para-hydroxylation sites is 1. The second kappa shape index (κ2) is 6.12. The van der Waals surface area contributed by atoms with Crippen LogP contribution in [0.1, 0.15) is 23.8 Å². The van der Waals surface area contributed by atoms with Crippen LogP contribution in [0.5, 0.6) is 11.5 Å². The summed E-state index contributed by atoms with van der Waals surface area (Å²) in [6, 6.07) is 13.4. The maximum atomic E-state index is 12.5. The van der Waals surface area contributed by atoms with Crippen molar-refractivity contribution in [2.24, 2.45) is 0 Å². The molecule has 7 heteroatoms. The van der Waals surface area contributed by atoms with Crippen molar-refractivity contribution in [2.75, 3.05) is 18.2 Å². The average Bonchev–Trinajstić information content (AvgIpc) is 3.40. The first kappa shape index (κ1) is 15.9. The van der Waals surface area contributed by atoms with E-state index in [0.29, 0.717) is 36.2 Å². The van der Waals surface area contributed by atoms with Crippen molar-refractivity contribution in [2.45, 2.75) is 19.3 Å². The zero-order chi connectivity index (χ0) is 18.4. The van der Waals surface area contributed by atoms with Crippen LogP contribution in [0.2, 0.25) is 0 Å². The fourth-order valence-corrected chi connectivity index (χ4v) is 3.53. The van der Waals surface area contributed by atoms with Gasteiger partial charge in [-0.3, -0.25) is 4.79 Å². The normalized spacial score (nSPS) is 18.3. The molecule has 2 aliphatic rings. The van der Waals surface area contributed by atoms with E-state index in [0.717, 1.165) is 16.8 Å². The predicted molar refractivity (Wildman–Crippen MR) is 96.7 cm³/mol. The van der Waals surface area contributed by atoms with Crippen LogP contribution in [0.4, 0.5) is 5.69 Å². The molecular weight excluding hydrogens is 346 g/mol. The molecular formula is C20H17N3O4. The Morgan fingerprint density at radius 3 is 2.85 bits per heavy atom. The van der Waals surface area contributed by atoms with Gasteiger partial charge in [0.1, 0.15) is 0 Å². The van der Waals surface area contributed by atoms with E-state index in [4.69, 9.17) is 14.0 Å². The molecule has 2 aliphatic heterocycles. The lowest BCUT2D eigenvalue weighted by molar-refractivity contribution is -0.117. The number of anilines is 1. The Labute approximate surface area is 155 Å². The van der Waals surface area contributed by atoms with Crippen molar-refractivity contribution in [3.05, 3.63) is 53.9 Å². The van der Waals surface area contributed by atoms with Gasteiger partial charge >= 0.3 is 0 Å². The highest BCUT2D eigenvalue weighted by atomic mass is 16.7. The molecule has 3 heterocycles. The summed E-state index contributed by atoms with van der Waals surface area (Å²) in [5.41, 5.74) is 2.79. The lowest BCUT2D eigenvalue weighted by atomic mass is 10.1. The minimum Gasteiger partial charge on any atom is -0.454 e. The molecule has 1 aromatic heterocycles. The second-order valence-electron chi connectivity index (χ2n) is 6.72. The molecule has 0 bridgehead atoms. The first-order valence-electron chi connectivity index (χ1n) is 8.78. The Kier molecular flexibility index (Phi) is 3.60. The van der Waals surface area contributed by atoms with Crippen molar-refractivity contribution in [3.8, 4) is 22.9 Å². The molecule has 1 unspecified atom stereocenters. The molecule has 1 fully saturated rings. The molecule has 3 aromatic rings. The van der Waals surface area contributed by atoms with Crippen molar-refractivity contribution >= 4 is 11.6 Å². The number of carbonyl (C=O) groups excluding carboxylic acids is 1. The topological polar surface area (TPSA) is 77.7 Å². The number of benzene rings is 2. The van der Waals surface area contributed by atoms with E-state index in [-0.39, 0.29) is 18.6 Å². The molecule has 1 saturated heterocycles. The number of fused-ring (bicyclic) bond motifs is 1. The number of rotatable bonds is 3. The molecule has 1 atom stereocenters. The molecule has 7 nitrogen and oxygen atoms in total. The zero-order valence-electron chi connectivity index (χ0n) is 14.7. The molecule has 136 valence electrons. The van der Waals surface area contributed by atoms with Gasteiger partial charge in [-0.25, -0.2) is 0 Å². The van der Waals surface area contributed by atoms with Crippen molar-refractivity contribution < 1.29 is 18.8 Å². The monoisotopic (exact) mass is 363 g/mol. The number of hydrogen-bond donors (Lipinski definition) is 0. The van der Waals surface area contributed by atoms with Gasteiger partial charge in [0.05, 0.1) is 5.92 Å². The Balaban J connectivity index is 1.39. The summed E-state index contributed by atoms with van der Waals surface area (Å²) in [4.78, 5) is 18.8. The molecule has 5 rings (SSSR count). The molecule has 0 saturated carbocycles. The zero-order valence-corrected chi connectivity index (χ0v) is 14.7. The van der Waals surface area contributed by atoms with Crippen molar-refractivity contribution in [1.82, 2.24) is 10.1 Å². The highest BCUT2D eigenvalue weighted by molar-refractivity contribution is 5.97. The number of aryl methyl sites for hydroxylation is 1. The Bertz CT molecular complexity index is 1030. The smallest absolute Gasteiger partial charge is 0.232 e. The Hall–Kier alpha value is -3.35. The molecule has 0 N–H and O–H groups in total. The fourth-order valence-electron chi connectivity index (χ4n) is 3.53. The average molecular weight is 363 g/mol. The Morgan fingerprint density at radius 2 is 1.96 bits per heavy atom. The highest BCUT2D eigenvalue weighted by Gasteiger charge is 2.35. The van der Waals surface area contributed by atoms with Crippen LogP contribution in [0.25, 0.3) is 11.4 Å². The van der Waals surface area contributed by atoms with Gasteiger partial charge in [-0.05, 0) is 36.8 Å². The van der Waals surface area contributed by atoms with E-state index >= 15 is 0 Å². The molecule has 0 radical (unpaired) electrons. The van der Waals surface area contributed by atoms with Crippen LogP contribution in [-0.2, 0) is 4.79 Å². The summed E-state index contributed by atoms with van der Waals surface area (Å²) in [6.45, 7) is 2.75. The largest absolute Gasteiger partial charge is 0.454 e. The third kappa shape index (κ3) is 2.71. The number of hydrogen-bond acceptors (Lipinski definition) is 6. The van der Waals surface area contributed by atoms with Gasteiger partial charge in [-0.2, -0.15) is 4.98 Å². The first-order valence-corrected chi connectivity index (χ1v) is 8.78. The summed E-state index contributed by atoms with van der Waals surface area (Å²) in [7, 11) is 0. The van der Waals surface area contributed by atoms with Crippen LogP contribution in [0.15, 0.2) is 47.0 Å². The van der Waals surface area contributed by atoms with E-state index in [1.807, 2.05) is 49.4 Å². The van der Waals surface area contributed by atoms with Gasteiger partial charge in [0, 0.05) is 24.2 Å². The molecule has 2 aromatic carbocycles. The fraction of sp³-hybridized carbons (Fsp3) is 0.250. The van der Waals surface area contributed by atoms with E-state index in [2.05, 4.69) is 10.1 Å². The summed E-state index contributed by atoms with van der Waals surface area (Å²) in [5, 5.41) is 4.08. The molecule has 0 aliphatic carbocycles. The summed E-state index contributed by atoms with van der Waals surface area (Å²) in [5.74, 6) is 2.28. The van der Waals surface area contributed by atoms with Crippen LogP contribution in [0, 0.1) is 6.92 Å². The van der Waals surface area contributed by atoms with Gasteiger partial charge in [-0.1, -0.05) is 23.4 Å². The SMILES string of the molecule is Cc1ccccc1N1CC(c2nc(-c3ccc4c(c3)OCO4)no2)CC1=O. The summed E-state index contributed by atoms with van der Waals surface area (Å²) in [6.07, 6.45) is 0.358. The van der Waals surface area contributed by atoms with Gasteiger partial charge in [0.2, 0.25) is 24.4 Å². The number of ether oxygens (including phenoxy) is 2. The minimum atomic E-state index is -0.118. The van der Waals surface area contributed by atoms with E-state index in [1.165, 1.54) is 0 Å². The van der Waals surface area contributed by atoms with Crippen molar-refractivity contribution in [1.29, 1.82) is 0 Å². The van der Waals surface area contributed by atoms with Gasteiger partial charge in [0.15, 0.2) is 11.5 Å². The highest BCUT2D eigenvalue weighted by Crippen LogP contribution is 2.36. The molecule has 0 spiro atoms. The second-order valence-corrected chi connectivity index (χ2v) is 6.72. The Morgan fingerprint density at radius 1 is 1.11 bits per heavy atom. The number of aromatic nitrogens is 2. The number of carbonyl (C=O) groups is 1. The van der Waals surface area contributed by atoms with Gasteiger partial charge < -0.3 is 18.9 Å². The summed E-state index contributed by atoms with van der Waals surface area (Å²) >= 11 is 0. The number of amides is 1. The minimum absolute atomic E-state index is 0.0668. The quantitative estimate of drug-likeness (QED) is 0.711. The predicted octanol–water partition coefficient (Wildman–Crippen LogP) is 3.29. The third-order valence-electron chi connectivity index (χ3n) is 4.95. The van der Waals surface area contributed by atoms with Crippen LogP contribution < -0.4 is 14.4 Å². The standard InChI is InChI=1S/C20H17N3O4/c1-12-4-2-3-5-15(12)23-10-14(9-18(23)24)20-21-19(22-27-20)13-6-7-16-17(8-13)26-11-25-16/h2-8,14H,9-11H2,1H3. The lowest BCUT2D eigenvalue weighted by Gasteiger charge is -2.18. The lowest BCUT2D eigenvalue weighted by Crippen LogP contribution is -2.25. The molecule has 1 amide bonds. The first-order chi connectivity index (χ1) is 13.2. The molecule has 27 heavy (non-hydrogen) atoms. The maximum absolute atomic E-state index is 12.5. The number of nitrogens with zero attached hydrogens (tertiary/aromatic N) is 3. The van der Waals surface area contributed by atoms with Gasteiger partial charge in [-0.15, -0.1) is 0 Å². The van der Waals surface area contributed by atoms with E-state index in [9.17, 15) is 4.79 Å². The van der Waals surface area contributed by atoms with Crippen LogP contribution in [-0.4, -0.2) is 29.4 Å². The van der Waals surface area contributed by atoms with E-state index in [1.54, 1.807) is 4.90 Å². The van der Waals surface area contributed by atoms with Gasteiger partial charge in [0.25, 0.3) is 0 Å².